The summed E-state index contributed by atoms with van der Waals surface area (Å²) in [5, 5.41) is 26.7. The van der Waals surface area contributed by atoms with Crippen molar-refractivity contribution in [1.82, 2.24) is 41.0 Å². The Balaban J connectivity index is 1.78. The molecule has 0 bridgehead atoms. The van der Waals surface area contributed by atoms with Crippen LogP contribution in [0.3, 0.4) is 0 Å². The van der Waals surface area contributed by atoms with Gasteiger partial charge in [-0.25, -0.2) is 10.4 Å². The maximum Gasteiger partial charge on any atom is 0.121 e. The molecule has 0 aliphatic carbocycles. The zero-order valence-corrected chi connectivity index (χ0v) is 30.4. The number of ether oxygens (including phenoxy) is 1. The molecule has 4 saturated heterocycles. The lowest BCUT2D eigenvalue weighted by Gasteiger charge is -2.49. The van der Waals surface area contributed by atoms with Crippen molar-refractivity contribution in [2.24, 2.45) is 17.8 Å². The zero-order valence-electron chi connectivity index (χ0n) is 30.4. The molecule has 0 aromatic rings. The second-order valence-corrected chi connectivity index (χ2v) is 14.8. The van der Waals surface area contributed by atoms with Crippen LogP contribution in [-0.4, -0.2) is 107 Å². The van der Waals surface area contributed by atoms with E-state index in [9.17, 15) is 5.21 Å². The molecule has 4 fully saturated rings. The number of likely N-dealkylation sites (N-methyl/N-ethyl adjacent to an activating group) is 1. The lowest BCUT2D eigenvalue weighted by atomic mass is 9.94. The normalized spacial score (nSPS) is 32.9. The van der Waals surface area contributed by atoms with Gasteiger partial charge in [-0.1, -0.05) is 74.1 Å². The maximum atomic E-state index is 11.6. The van der Waals surface area contributed by atoms with Gasteiger partial charge in [-0.05, 0) is 56.9 Å². The first kappa shape index (κ1) is 36.9. The highest BCUT2D eigenvalue weighted by Gasteiger charge is 2.42. The van der Waals surface area contributed by atoms with Crippen LogP contribution >= 0.6 is 0 Å². The van der Waals surface area contributed by atoms with Gasteiger partial charge < -0.3 is 25.3 Å². The van der Waals surface area contributed by atoms with Crippen molar-refractivity contribution >= 4 is 0 Å². The van der Waals surface area contributed by atoms with Gasteiger partial charge in [0.2, 0.25) is 0 Å². The number of hydrazine groups is 2. The standard InChI is InChI=1S/C37H64N8O2/c1-23(2)34-31(11)47-37(24(3)4)35(38-12)30(10)45-33(17-15-20-41(45)13)29(9)43(46)22-26(6)44-32(16-14-19-39-44)28(8)42-21-18-25(5)36(42)27(7)40-34/h23-25,32-40,46H,6-11,14-22H2,1-5,12-13H3. The molecule has 47 heavy (non-hydrogen) atoms. The highest BCUT2D eigenvalue weighted by atomic mass is 16.5. The Kier molecular flexibility index (Phi) is 12.2. The Morgan fingerprint density at radius 2 is 1.57 bits per heavy atom. The summed E-state index contributed by atoms with van der Waals surface area (Å²) in [5.41, 5.74) is 7.81. The lowest BCUT2D eigenvalue weighted by molar-refractivity contribution is -0.0999. The van der Waals surface area contributed by atoms with E-state index in [1.165, 1.54) is 5.06 Å². The molecule has 7 unspecified atom stereocenters. The summed E-state index contributed by atoms with van der Waals surface area (Å²) >= 11 is 0. The SMILES string of the molecule is C=C1OC(C(C)C)C(NC)C(=C)N2C(CCCN2C)C(=C)N(O)CC(=C)N2NCCCC2C(=C)N2CCC(C)C2C(=C)NC1C(C)C. The molecule has 10 heteroatoms. The van der Waals surface area contributed by atoms with Gasteiger partial charge in [0, 0.05) is 49.5 Å². The van der Waals surface area contributed by atoms with Gasteiger partial charge in [-0.3, -0.25) is 15.3 Å². The molecule has 0 saturated carbocycles. The average Bonchev–Trinajstić information content (AvgIpc) is 3.42. The predicted molar refractivity (Wildman–Crippen MR) is 192 cm³/mol. The molecule has 0 amide bonds. The maximum absolute atomic E-state index is 11.6. The molecule has 4 heterocycles. The van der Waals surface area contributed by atoms with Gasteiger partial charge in [0.1, 0.15) is 11.9 Å². The minimum absolute atomic E-state index is 0.0000649. The number of hydrogen-bond donors (Lipinski definition) is 4. The van der Waals surface area contributed by atoms with Gasteiger partial charge >= 0.3 is 0 Å². The number of fused-ring (bicyclic) bond motifs is 3. The average molecular weight is 653 g/mol. The Hall–Kier alpha value is -2.92. The highest BCUT2D eigenvalue weighted by Crippen LogP contribution is 2.36. The van der Waals surface area contributed by atoms with Gasteiger partial charge in [0.25, 0.3) is 0 Å². The predicted octanol–water partition coefficient (Wildman–Crippen LogP) is 5.01. The number of nitrogens with one attached hydrogen (secondary N) is 3. The lowest BCUT2D eigenvalue weighted by Crippen LogP contribution is -2.58. The number of rotatable bonds is 3. The van der Waals surface area contributed by atoms with Gasteiger partial charge in [0.15, 0.2) is 0 Å². The van der Waals surface area contributed by atoms with Crippen LogP contribution in [-0.2, 0) is 4.74 Å². The molecular formula is C37H64N8O2. The van der Waals surface area contributed by atoms with Crippen molar-refractivity contribution in [3.8, 4) is 0 Å². The van der Waals surface area contributed by atoms with E-state index in [0.717, 1.165) is 74.5 Å². The molecule has 264 valence electrons. The summed E-state index contributed by atoms with van der Waals surface area (Å²) in [5.74, 6) is 1.44. The molecule has 0 spiro atoms. The molecule has 0 radical (unpaired) electrons. The van der Waals surface area contributed by atoms with E-state index < -0.39 is 0 Å². The molecule has 4 rings (SSSR count). The van der Waals surface area contributed by atoms with Crippen LogP contribution in [0.25, 0.3) is 0 Å². The first-order valence-corrected chi connectivity index (χ1v) is 17.7. The first-order valence-electron chi connectivity index (χ1n) is 17.7. The van der Waals surface area contributed by atoms with Gasteiger partial charge in [-0.15, -0.1) is 0 Å². The number of hydrogen-bond acceptors (Lipinski definition) is 10. The molecular weight excluding hydrogens is 588 g/mol. The van der Waals surface area contributed by atoms with Gasteiger partial charge in [-0.2, -0.15) is 0 Å². The van der Waals surface area contributed by atoms with E-state index in [4.69, 9.17) is 4.74 Å². The molecule has 4 N–H and O–H groups in total. The quantitative estimate of drug-likeness (QED) is 0.334. The third-order valence-corrected chi connectivity index (χ3v) is 10.7. The molecule has 0 aromatic carbocycles. The smallest absolute Gasteiger partial charge is 0.121 e. The van der Waals surface area contributed by atoms with E-state index >= 15 is 0 Å². The third kappa shape index (κ3) is 7.71. The number of nitrogens with zero attached hydrogens (tertiary/aromatic N) is 5. The summed E-state index contributed by atoms with van der Waals surface area (Å²) in [4.78, 5) is 2.43. The van der Waals surface area contributed by atoms with Gasteiger partial charge in [0.05, 0.1) is 42.5 Å². The number of hydroxylamine groups is 2. The first-order chi connectivity index (χ1) is 22.2. The summed E-state index contributed by atoms with van der Waals surface area (Å²) in [7, 11) is 4.02. The van der Waals surface area contributed by atoms with E-state index in [1.54, 1.807) is 0 Å². The van der Waals surface area contributed by atoms with Crippen LogP contribution < -0.4 is 16.1 Å². The summed E-state index contributed by atoms with van der Waals surface area (Å²) in [6.07, 6.45) is 4.57. The van der Waals surface area contributed by atoms with Crippen molar-refractivity contribution in [3.63, 3.8) is 0 Å². The molecule has 7 atom stereocenters. The third-order valence-electron chi connectivity index (χ3n) is 10.7. The Bertz CT molecular complexity index is 1200. The van der Waals surface area contributed by atoms with Crippen LogP contribution in [0, 0.1) is 17.8 Å². The summed E-state index contributed by atoms with van der Waals surface area (Å²) < 4.78 is 6.87. The fraction of sp³-hybridized carbons (Fsp3) is 0.676. The van der Waals surface area contributed by atoms with Crippen molar-refractivity contribution in [2.45, 2.75) is 103 Å². The van der Waals surface area contributed by atoms with Crippen LogP contribution in [0.4, 0.5) is 0 Å². The van der Waals surface area contributed by atoms with Crippen molar-refractivity contribution in [3.05, 3.63) is 73.7 Å². The molecule has 10 nitrogen and oxygen atoms in total. The topological polar surface area (TPSA) is 81.8 Å². The molecule has 4 aliphatic rings. The van der Waals surface area contributed by atoms with Crippen molar-refractivity contribution in [1.29, 1.82) is 0 Å². The van der Waals surface area contributed by atoms with E-state index in [2.05, 4.69) is 117 Å². The van der Waals surface area contributed by atoms with Crippen molar-refractivity contribution < 1.29 is 9.94 Å². The highest BCUT2D eigenvalue weighted by molar-refractivity contribution is 5.23. The fourth-order valence-corrected chi connectivity index (χ4v) is 8.01. The second kappa shape index (κ2) is 15.5. The Morgan fingerprint density at radius 3 is 2.21 bits per heavy atom. The van der Waals surface area contributed by atoms with E-state index in [0.29, 0.717) is 17.4 Å². The second-order valence-electron chi connectivity index (χ2n) is 14.8. The fourth-order valence-electron chi connectivity index (χ4n) is 8.01. The van der Waals surface area contributed by atoms with E-state index in [-0.39, 0.29) is 54.7 Å². The minimum atomic E-state index is -0.253. The minimum Gasteiger partial charge on any atom is -0.491 e. The van der Waals surface area contributed by atoms with Crippen LogP contribution in [0.15, 0.2) is 73.7 Å². The Labute approximate surface area is 285 Å². The molecule has 0 aromatic heterocycles. The summed E-state index contributed by atoms with van der Waals surface area (Å²) in [6, 6.07) is -0.481. The van der Waals surface area contributed by atoms with Crippen LogP contribution in [0.2, 0.25) is 0 Å². The van der Waals surface area contributed by atoms with Crippen LogP contribution in [0.5, 0.6) is 0 Å². The molecule has 4 aliphatic heterocycles. The monoisotopic (exact) mass is 653 g/mol. The largest absolute Gasteiger partial charge is 0.491 e. The Morgan fingerprint density at radius 1 is 0.894 bits per heavy atom. The zero-order chi connectivity index (χ0) is 34.7. The van der Waals surface area contributed by atoms with Crippen LogP contribution in [0.1, 0.15) is 66.7 Å². The summed E-state index contributed by atoms with van der Waals surface area (Å²) in [6.45, 7) is 41.2. The van der Waals surface area contributed by atoms with E-state index in [1.807, 2.05) is 7.05 Å². The van der Waals surface area contributed by atoms with Crippen molar-refractivity contribution in [2.75, 3.05) is 40.3 Å².